The van der Waals surface area contributed by atoms with E-state index in [0.717, 1.165) is 22.9 Å². The van der Waals surface area contributed by atoms with Gasteiger partial charge in [0.05, 0.1) is 18.8 Å². The van der Waals surface area contributed by atoms with E-state index in [0.29, 0.717) is 29.8 Å². The van der Waals surface area contributed by atoms with E-state index in [9.17, 15) is 23.5 Å². The largest absolute Gasteiger partial charge is 0.494 e. The molecule has 224 valence electrons. The molecular formula is C35H36F2N2O4. The molecule has 3 N–H and O–H groups in total. The molecule has 0 saturated carbocycles. The average Bonchev–Trinajstić information content (AvgIpc) is 2.96. The SMILES string of the molecule is CCOc1cccc(CNC[C@H](O)[C@H](Cc2cc(F)cc(F)c2)NC(=O)c2cc(C)cc(C(=O)c3ccc(C)cc3)c2)c1. The lowest BCUT2D eigenvalue weighted by Gasteiger charge is -2.25. The Morgan fingerprint density at radius 2 is 1.51 bits per heavy atom. The molecule has 0 aliphatic heterocycles. The number of amides is 1. The highest BCUT2D eigenvalue weighted by Gasteiger charge is 2.24. The van der Waals surface area contributed by atoms with Crippen LogP contribution < -0.4 is 15.4 Å². The Morgan fingerprint density at radius 1 is 0.814 bits per heavy atom. The maximum absolute atomic E-state index is 14.0. The number of aryl methyl sites for hydroxylation is 2. The van der Waals surface area contributed by atoms with E-state index in [-0.39, 0.29) is 29.9 Å². The van der Waals surface area contributed by atoms with Crippen LogP contribution in [0.2, 0.25) is 0 Å². The summed E-state index contributed by atoms with van der Waals surface area (Å²) >= 11 is 0. The number of hydrogen-bond donors (Lipinski definition) is 3. The van der Waals surface area contributed by atoms with Gasteiger partial charge in [0.25, 0.3) is 5.91 Å². The Kier molecular flexibility index (Phi) is 10.8. The number of benzene rings is 4. The quantitative estimate of drug-likeness (QED) is 0.175. The number of carbonyl (C=O) groups is 2. The van der Waals surface area contributed by atoms with Crippen LogP contribution in [0.25, 0.3) is 0 Å². The van der Waals surface area contributed by atoms with Crippen LogP contribution in [0.3, 0.4) is 0 Å². The van der Waals surface area contributed by atoms with Crippen LogP contribution in [0.1, 0.15) is 55.5 Å². The normalized spacial score (nSPS) is 12.4. The van der Waals surface area contributed by atoms with E-state index in [1.807, 2.05) is 50.2 Å². The van der Waals surface area contributed by atoms with Crippen molar-refractivity contribution < 1.29 is 28.2 Å². The molecule has 2 atom stereocenters. The highest BCUT2D eigenvalue weighted by molar-refractivity contribution is 6.10. The number of rotatable bonds is 13. The van der Waals surface area contributed by atoms with Gasteiger partial charge in [-0.3, -0.25) is 9.59 Å². The van der Waals surface area contributed by atoms with E-state index in [1.165, 1.54) is 18.2 Å². The molecule has 4 rings (SSSR count). The Labute approximate surface area is 250 Å². The van der Waals surface area contributed by atoms with Crippen LogP contribution >= 0.6 is 0 Å². The van der Waals surface area contributed by atoms with E-state index in [4.69, 9.17) is 4.74 Å². The summed E-state index contributed by atoms with van der Waals surface area (Å²) in [6.07, 6.45) is -1.13. The average molecular weight is 587 g/mol. The number of carbonyl (C=O) groups excluding carboxylic acids is 2. The van der Waals surface area contributed by atoms with Crippen LogP contribution in [-0.4, -0.2) is 42.1 Å². The van der Waals surface area contributed by atoms with Gasteiger partial charge in [0.1, 0.15) is 17.4 Å². The van der Waals surface area contributed by atoms with Crippen LogP contribution in [0.4, 0.5) is 8.78 Å². The number of halogens is 2. The van der Waals surface area contributed by atoms with Gasteiger partial charge in [-0.05, 0) is 86.3 Å². The second-order valence-electron chi connectivity index (χ2n) is 10.6. The number of ether oxygens (including phenoxy) is 1. The molecule has 0 spiro atoms. The monoisotopic (exact) mass is 586 g/mol. The van der Waals surface area contributed by atoms with Crippen molar-refractivity contribution in [2.45, 2.75) is 45.9 Å². The van der Waals surface area contributed by atoms with E-state index >= 15 is 0 Å². The topological polar surface area (TPSA) is 87.7 Å². The Balaban J connectivity index is 1.52. The second-order valence-corrected chi connectivity index (χ2v) is 10.6. The second kappa shape index (κ2) is 14.7. The molecule has 8 heteroatoms. The highest BCUT2D eigenvalue weighted by atomic mass is 19.1. The van der Waals surface area contributed by atoms with Crippen LogP contribution in [0, 0.1) is 25.5 Å². The zero-order valence-electron chi connectivity index (χ0n) is 24.5. The maximum atomic E-state index is 14.0. The Bertz CT molecular complexity index is 1550. The van der Waals surface area contributed by atoms with Crippen molar-refractivity contribution >= 4 is 11.7 Å². The molecule has 0 heterocycles. The summed E-state index contributed by atoms with van der Waals surface area (Å²) in [6, 6.07) is 21.8. The molecule has 1 amide bonds. The molecule has 0 bridgehead atoms. The summed E-state index contributed by atoms with van der Waals surface area (Å²) in [5.41, 5.74) is 4.05. The maximum Gasteiger partial charge on any atom is 0.251 e. The van der Waals surface area contributed by atoms with Crippen molar-refractivity contribution in [3.05, 3.63) is 136 Å². The van der Waals surface area contributed by atoms with Gasteiger partial charge < -0.3 is 20.5 Å². The molecule has 0 fully saturated rings. The fourth-order valence-electron chi connectivity index (χ4n) is 4.85. The van der Waals surface area contributed by atoms with Gasteiger partial charge in [-0.2, -0.15) is 0 Å². The molecule has 0 radical (unpaired) electrons. The minimum Gasteiger partial charge on any atom is -0.494 e. The predicted molar refractivity (Wildman–Crippen MR) is 162 cm³/mol. The summed E-state index contributed by atoms with van der Waals surface area (Å²) in [5, 5.41) is 17.2. The first kappa shape index (κ1) is 31.5. The van der Waals surface area contributed by atoms with Gasteiger partial charge in [0.15, 0.2) is 5.78 Å². The number of ketones is 1. The van der Waals surface area contributed by atoms with Crippen LogP contribution in [0.15, 0.2) is 84.9 Å². The standard InChI is InChI=1S/C35H36F2N2O4/c1-4-43-31-7-5-6-24(16-31)20-38-21-33(40)32(17-25-14-29(36)19-30(37)15-25)39-35(42)28-13-23(3)12-27(18-28)34(41)26-10-8-22(2)9-11-26/h5-16,18-19,32-33,38,40H,4,17,20-21H2,1-3H3,(H,39,42)/t32-,33-/m0/s1. The summed E-state index contributed by atoms with van der Waals surface area (Å²) in [4.78, 5) is 26.6. The lowest BCUT2D eigenvalue weighted by Crippen LogP contribution is -2.48. The molecule has 0 aromatic heterocycles. The third-order valence-electron chi connectivity index (χ3n) is 6.97. The van der Waals surface area contributed by atoms with E-state index in [1.54, 1.807) is 31.2 Å². The number of nitrogens with one attached hydrogen (secondary N) is 2. The smallest absolute Gasteiger partial charge is 0.251 e. The van der Waals surface area contributed by atoms with Crippen molar-refractivity contribution in [3.63, 3.8) is 0 Å². The molecule has 0 unspecified atom stereocenters. The summed E-state index contributed by atoms with van der Waals surface area (Å²) < 4.78 is 33.5. The van der Waals surface area contributed by atoms with Gasteiger partial charge >= 0.3 is 0 Å². The lowest BCUT2D eigenvalue weighted by atomic mass is 9.97. The first-order chi connectivity index (χ1) is 20.6. The molecule has 4 aromatic carbocycles. The minimum absolute atomic E-state index is 0.0237. The zero-order chi connectivity index (χ0) is 30.9. The fraction of sp³-hybridized carbons (Fsp3) is 0.257. The molecule has 0 saturated heterocycles. The predicted octanol–water partition coefficient (Wildman–Crippen LogP) is 5.70. The van der Waals surface area contributed by atoms with Crippen molar-refractivity contribution in [3.8, 4) is 5.75 Å². The van der Waals surface area contributed by atoms with Gasteiger partial charge in [-0.25, -0.2) is 8.78 Å². The fourth-order valence-corrected chi connectivity index (χ4v) is 4.85. The Hall–Kier alpha value is -4.40. The van der Waals surface area contributed by atoms with Crippen LogP contribution in [-0.2, 0) is 13.0 Å². The zero-order valence-corrected chi connectivity index (χ0v) is 24.5. The summed E-state index contributed by atoms with van der Waals surface area (Å²) in [5.74, 6) is -1.51. The first-order valence-corrected chi connectivity index (χ1v) is 14.2. The van der Waals surface area contributed by atoms with Crippen LogP contribution in [0.5, 0.6) is 5.75 Å². The molecule has 6 nitrogen and oxygen atoms in total. The molecular weight excluding hydrogens is 550 g/mol. The number of aliphatic hydroxyl groups is 1. The minimum atomic E-state index is -1.11. The van der Waals surface area contributed by atoms with Crippen molar-refractivity contribution in [2.75, 3.05) is 13.2 Å². The van der Waals surface area contributed by atoms with Gasteiger partial charge in [0, 0.05) is 35.8 Å². The van der Waals surface area contributed by atoms with Gasteiger partial charge in [0.2, 0.25) is 0 Å². The molecule has 4 aromatic rings. The van der Waals surface area contributed by atoms with Gasteiger partial charge in [-0.15, -0.1) is 0 Å². The molecule has 0 aliphatic carbocycles. The van der Waals surface area contributed by atoms with E-state index in [2.05, 4.69) is 10.6 Å². The summed E-state index contributed by atoms with van der Waals surface area (Å²) in [7, 11) is 0. The highest BCUT2D eigenvalue weighted by Crippen LogP contribution is 2.18. The van der Waals surface area contributed by atoms with Crippen molar-refractivity contribution in [2.24, 2.45) is 0 Å². The lowest BCUT2D eigenvalue weighted by molar-refractivity contribution is 0.0829. The number of hydrogen-bond acceptors (Lipinski definition) is 5. The van der Waals surface area contributed by atoms with Gasteiger partial charge in [-0.1, -0.05) is 42.0 Å². The number of aliphatic hydroxyl groups excluding tert-OH is 1. The van der Waals surface area contributed by atoms with E-state index < -0.39 is 29.7 Å². The molecule has 43 heavy (non-hydrogen) atoms. The first-order valence-electron chi connectivity index (χ1n) is 14.2. The van der Waals surface area contributed by atoms with Crippen molar-refractivity contribution in [1.29, 1.82) is 0 Å². The van der Waals surface area contributed by atoms with Crippen molar-refractivity contribution in [1.82, 2.24) is 10.6 Å². The molecule has 0 aliphatic rings. The third kappa shape index (κ3) is 9.04. The Morgan fingerprint density at radius 3 is 2.21 bits per heavy atom. The third-order valence-corrected chi connectivity index (χ3v) is 6.97. The summed E-state index contributed by atoms with van der Waals surface area (Å²) in [6.45, 7) is 6.68.